The van der Waals surface area contributed by atoms with Crippen molar-refractivity contribution in [3.05, 3.63) is 41.2 Å². The number of amides is 1. The molecule has 0 aliphatic rings. The highest BCUT2D eigenvalue weighted by molar-refractivity contribution is 5.95. The molecule has 1 aromatic carbocycles. The molecule has 0 atom stereocenters. The zero-order chi connectivity index (χ0) is 21.4. The number of nitrogens with one attached hydrogen (secondary N) is 1. The molecule has 8 heteroatoms. The summed E-state index contributed by atoms with van der Waals surface area (Å²) in [5, 5.41) is 6.93. The molecule has 0 saturated heterocycles. The number of hydrogen-bond acceptors (Lipinski definition) is 6. The fourth-order valence-corrected chi connectivity index (χ4v) is 2.60. The zero-order valence-electron chi connectivity index (χ0n) is 17.4. The molecule has 1 N–H and O–H groups in total. The number of methoxy groups -OCH3 is 1. The average Bonchev–Trinajstić information content (AvgIpc) is 2.95. The predicted octanol–water partition coefficient (Wildman–Crippen LogP) is 3.03. The number of esters is 1. The molecule has 2 aromatic rings. The molecule has 0 unspecified atom stereocenters. The molecule has 0 fully saturated rings. The Morgan fingerprint density at radius 3 is 2.62 bits per heavy atom. The summed E-state index contributed by atoms with van der Waals surface area (Å²) in [5.41, 5.74) is 2.89. The van der Waals surface area contributed by atoms with E-state index < -0.39 is 11.9 Å². The number of anilines is 1. The molecule has 8 nitrogen and oxygen atoms in total. The number of aromatic nitrogens is 2. The predicted molar refractivity (Wildman–Crippen MR) is 110 cm³/mol. The van der Waals surface area contributed by atoms with E-state index in [9.17, 15) is 9.59 Å². The fourth-order valence-electron chi connectivity index (χ4n) is 2.60. The molecular weight excluding hydrogens is 374 g/mol. The molecule has 156 valence electrons. The van der Waals surface area contributed by atoms with Gasteiger partial charge in [0.05, 0.1) is 30.8 Å². The first-order chi connectivity index (χ1) is 13.8. The molecule has 1 heterocycles. The fraction of sp³-hybridized carbons (Fsp3) is 0.381. The monoisotopic (exact) mass is 401 g/mol. The largest absolute Gasteiger partial charge is 0.493 e. The molecule has 2 rings (SSSR count). The van der Waals surface area contributed by atoms with Gasteiger partial charge in [0.25, 0.3) is 5.91 Å². The van der Waals surface area contributed by atoms with Gasteiger partial charge in [-0.1, -0.05) is 13.0 Å². The number of rotatable bonds is 9. The van der Waals surface area contributed by atoms with Crippen LogP contribution in [0.25, 0.3) is 6.08 Å². The van der Waals surface area contributed by atoms with Gasteiger partial charge in [0.2, 0.25) is 0 Å². The van der Waals surface area contributed by atoms with Crippen LogP contribution < -0.4 is 14.8 Å². The molecule has 0 saturated carbocycles. The summed E-state index contributed by atoms with van der Waals surface area (Å²) in [6.07, 6.45) is 3.74. The topological polar surface area (TPSA) is 91.7 Å². The zero-order valence-corrected chi connectivity index (χ0v) is 17.4. The van der Waals surface area contributed by atoms with Crippen molar-refractivity contribution in [2.24, 2.45) is 7.05 Å². The van der Waals surface area contributed by atoms with Crippen LogP contribution in [0, 0.1) is 13.8 Å². The summed E-state index contributed by atoms with van der Waals surface area (Å²) < 4.78 is 17.6. The maximum atomic E-state index is 12.0. The van der Waals surface area contributed by atoms with E-state index in [2.05, 4.69) is 10.4 Å². The lowest BCUT2D eigenvalue weighted by Crippen LogP contribution is -2.20. The number of ether oxygens (including phenoxy) is 3. The standard InChI is InChI=1S/C21H27N3O5/c1-6-11-28-17-9-7-16(12-18(17)27-5)8-10-20(26)29-13-19(25)22-21-14(2)23-24(4)15(21)3/h7-10,12H,6,11,13H2,1-5H3,(H,22,25)/b10-8+. The number of nitrogens with zero attached hydrogens (tertiary/aromatic N) is 2. The summed E-state index contributed by atoms with van der Waals surface area (Å²) in [7, 11) is 3.35. The van der Waals surface area contributed by atoms with Crippen molar-refractivity contribution in [2.75, 3.05) is 25.6 Å². The second kappa shape index (κ2) is 10.3. The average molecular weight is 401 g/mol. The lowest BCUT2D eigenvalue weighted by molar-refractivity contribution is -0.142. The SMILES string of the molecule is CCCOc1ccc(/C=C/C(=O)OCC(=O)Nc2c(C)nn(C)c2C)cc1OC. The van der Waals surface area contributed by atoms with E-state index in [4.69, 9.17) is 14.2 Å². The van der Waals surface area contributed by atoms with Gasteiger partial charge >= 0.3 is 5.97 Å². The lowest BCUT2D eigenvalue weighted by Gasteiger charge is -2.10. The first-order valence-electron chi connectivity index (χ1n) is 9.31. The van der Waals surface area contributed by atoms with Gasteiger partial charge < -0.3 is 19.5 Å². The van der Waals surface area contributed by atoms with Crippen molar-refractivity contribution in [3.63, 3.8) is 0 Å². The van der Waals surface area contributed by atoms with Crippen molar-refractivity contribution in [1.29, 1.82) is 0 Å². The van der Waals surface area contributed by atoms with Gasteiger partial charge in [-0.05, 0) is 44.0 Å². The number of benzene rings is 1. The van der Waals surface area contributed by atoms with Crippen molar-refractivity contribution in [2.45, 2.75) is 27.2 Å². The van der Waals surface area contributed by atoms with Crippen LogP contribution in [-0.4, -0.2) is 42.0 Å². The Morgan fingerprint density at radius 1 is 1.24 bits per heavy atom. The van der Waals surface area contributed by atoms with Gasteiger partial charge in [-0.25, -0.2) is 4.79 Å². The molecule has 0 aliphatic heterocycles. The summed E-state index contributed by atoms with van der Waals surface area (Å²) >= 11 is 0. The third kappa shape index (κ3) is 6.10. The molecule has 0 bridgehead atoms. The second-order valence-corrected chi connectivity index (χ2v) is 6.42. The molecule has 0 aliphatic carbocycles. The quantitative estimate of drug-likeness (QED) is 0.513. The van der Waals surface area contributed by atoms with E-state index >= 15 is 0 Å². The van der Waals surface area contributed by atoms with Gasteiger partial charge in [0.1, 0.15) is 0 Å². The Labute approximate surface area is 170 Å². The van der Waals surface area contributed by atoms with Crippen LogP contribution in [0.2, 0.25) is 0 Å². The van der Waals surface area contributed by atoms with E-state index in [0.29, 0.717) is 29.5 Å². The number of carbonyl (C=O) groups is 2. The van der Waals surface area contributed by atoms with Crippen LogP contribution in [0.15, 0.2) is 24.3 Å². The van der Waals surface area contributed by atoms with Crippen LogP contribution in [0.4, 0.5) is 5.69 Å². The summed E-state index contributed by atoms with van der Waals surface area (Å²) in [6.45, 7) is 5.87. The normalized spacial score (nSPS) is 10.8. The van der Waals surface area contributed by atoms with Crippen LogP contribution in [0.1, 0.15) is 30.3 Å². The second-order valence-electron chi connectivity index (χ2n) is 6.42. The third-order valence-corrected chi connectivity index (χ3v) is 4.18. The highest BCUT2D eigenvalue weighted by atomic mass is 16.5. The summed E-state index contributed by atoms with van der Waals surface area (Å²) in [4.78, 5) is 23.9. The molecule has 0 radical (unpaired) electrons. The summed E-state index contributed by atoms with van der Waals surface area (Å²) in [6, 6.07) is 5.35. The van der Waals surface area contributed by atoms with Crippen LogP contribution >= 0.6 is 0 Å². The highest BCUT2D eigenvalue weighted by Gasteiger charge is 2.13. The van der Waals surface area contributed by atoms with Gasteiger partial charge in [0.15, 0.2) is 18.1 Å². The summed E-state index contributed by atoms with van der Waals surface area (Å²) in [5.74, 6) is 0.178. The molecule has 29 heavy (non-hydrogen) atoms. The number of hydrogen-bond donors (Lipinski definition) is 1. The maximum Gasteiger partial charge on any atom is 0.331 e. The van der Waals surface area contributed by atoms with E-state index in [0.717, 1.165) is 17.7 Å². The smallest absolute Gasteiger partial charge is 0.331 e. The lowest BCUT2D eigenvalue weighted by atomic mass is 10.2. The molecular formula is C21H27N3O5. The Balaban J connectivity index is 1.90. The van der Waals surface area contributed by atoms with Crippen LogP contribution in [-0.2, 0) is 21.4 Å². The van der Waals surface area contributed by atoms with Crippen molar-refractivity contribution in [3.8, 4) is 11.5 Å². The Hall–Kier alpha value is -3.29. The van der Waals surface area contributed by atoms with Gasteiger partial charge in [0, 0.05) is 13.1 Å². The molecule has 1 amide bonds. The van der Waals surface area contributed by atoms with Crippen molar-refractivity contribution in [1.82, 2.24) is 9.78 Å². The van der Waals surface area contributed by atoms with E-state index in [1.165, 1.54) is 6.08 Å². The van der Waals surface area contributed by atoms with Gasteiger partial charge in [-0.15, -0.1) is 0 Å². The minimum atomic E-state index is -0.620. The Morgan fingerprint density at radius 2 is 2.00 bits per heavy atom. The minimum absolute atomic E-state index is 0.385. The highest BCUT2D eigenvalue weighted by Crippen LogP contribution is 2.28. The molecule has 0 spiro atoms. The van der Waals surface area contributed by atoms with E-state index in [1.807, 2.05) is 13.8 Å². The van der Waals surface area contributed by atoms with Crippen LogP contribution in [0.3, 0.4) is 0 Å². The van der Waals surface area contributed by atoms with Crippen molar-refractivity contribution < 1.29 is 23.8 Å². The first kappa shape index (κ1) is 22.0. The Kier molecular flexibility index (Phi) is 7.82. The van der Waals surface area contributed by atoms with Gasteiger partial charge in [-0.2, -0.15) is 5.10 Å². The Bertz CT molecular complexity index is 902. The first-order valence-corrected chi connectivity index (χ1v) is 9.31. The van der Waals surface area contributed by atoms with Crippen molar-refractivity contribution >= 4 is 23.6 Å². The van der Waals surface area contributed by atoms with Crippen LogP contribution in [0.5, 0.6) is 11.5 Å². The van der Waals surface area contributed by atoms with Gasteiger partial charge in [-0.3, -0.25) is 9.48 Å². The van der Waals surface area contributed by atoms with E-state index in [-0.39, 0.29) is 6.61 Å². The number of aryl methyl sites for hydroxylation is 2. The van der Waals surface area contributed by atoms with E-state index in [1.54, 1.807) is 50.0 Å². The molecule has 1 aromatic heterocycles. The number of carbonyl (C=O) groups excluding carboxylic acids is 2. The minimum Gasteiger partial charge on any atom is -0.493 e. The maximum absolute atomic E-state index is 12.0. The third-order valence-electron chi connectivity index (χ3n) is 4.18.